The molecule has 33 heavy (non-hydrogen) atoms. The summed E-state index contributed by atoms with van der Waals surface area (Å²) in [4.78, 5) is 14.6. The second kappa shape index (κ2) is 13.2. The number of furan rings is 1. The molecule has 182 valence electrons. The monoisotopic (exact) mass is 566 g/mol. The van der Waals surface area contributed by atoms with Crippen molar-refractivity contribution in [2.75, 3.05) is 44.2 Å². The first-order valence-corrected chi connectivity index (χ1v) is 12.2. The van der Waals surface area contributed by atoms with Crippen LogP contribution in [0.15, 0.2) is 46.0 Å². The first-order valence-electron chi connectivity index (χ1n) is 12.2. The molecule has 0 saturated carbocycles. The molecule has 0 spiro atoms. The van der Waals surface area contributed by atoms with Crippen molar-refractivity contribution in [2.45, 2.75) is 58.0 Å². The van der Waals surface area contributed by atoms with Crippen molar-refractivity contribution in [1.29, 1.82) is 0 Å². The molecule has 2 aromatic rings. The summed E-state index contributed by atoms with van der Waals surface area (Å²) in [6, 6.07) is 11.2. The van der Waals surface area contributed by atoms with E-state index >= 15 is 0 Å². The third kappa shape index (κ3) is 7.60. The van der Waals surface area contributed by atoms with E-state index in [0.29, 0.717) is 12.1 Å². The van der Waals surface area contributed by atoms with Gasteiger partial charge in [-0.15, -0.1) is 24.0 Å². The van der Waals surface area contributed by atoms with Gasteiger partial charge in [0.1, 0.15) is 11.6 Å². The standard InChI is InChI=1S/C25H38N6O.HI/c1-3-30-15-5-8-22(30)19-27-25(26-14-11-23-9-6-18-32-23)29-21-12-16-31(17-13-21)24-10-4-7-20(2)28-24;/h4,6-7,9-10,18,21-22H,3,5,8,11-17,19H2,1-2H3,(H2,26,27,29);1H. The molecule has 0 radical (unpaired) electrons. The lowest BCUT2D eigenvalue weighted by molar-refractivity contribution is 0.273. The fourth-order valence-electron chi connectivity index (χ4n) is 4.78. The van der Waals surface area contributed by atoms with Crippen molar-refractivity contribution >= 4 is 35.8 Å². The highest BCUT2D eigenvalue weighted by molar-refractivity contribution is 14.0. The Morgan fingerprint density at radius 2 is 2.00 bits per heavy atom. The van der Waals surface area contributed by atoms with Crippen LogP contribution in [0.1, 0.15) is 44.1 Å². The maximum absolute atomic E-state index is 5.48. The number of halogens is 1. The molecule has 2 aliphatic heterocycles. The van der Waals surface area contributed by atoms with E-state index in [-0.39, 0.29) is 24.0 Å². The summed E-state index contributed by atoms with van der Waals surface area (Å²) in [6.45, 7) is 10.3. The van der Waals surface area contributed by atoms with Gasteiger partial charge in [-0.25, -0.2) is 4.98 Å². The van der Waals surface area contributed by atoms with Gasteiger partial charge in [-0.1, -0.05) is 13.0 Å². The van der Waals surface area contributed by atoms with Crippen molar-refractivity contribution in [3.63, 3.8) is 0 Å². The fourth-order valence-corrected chi connectivity index (χ4v) is 4.78. The van der Waals surface area contributed by atoms with Gasteiger partial charge in [0.05, 0.1) is 12.8 Å². The Morgan fingerprint density at radius 1 is 1.15 bits per heavy atom. The highest BCUT2D eigenvalue weighted by atomic mass is 127. The van der Waals surface area contributed by atoms with E-state index in [0.717, 1.165) is 75.2 Å². The Bertz CT molecular complexity index is 850. The van der Waals surface area contributed by atoms with Crippen LogP contribution in [0.25, 0.3) is 0 Å². The van der Waals surface area contributed by atoms with E-state index in [1.807, 2.05) is 12.1 Å². The zero-order valence-corrected chi connectivity index (χ0v) is 22.3. The third-order valence-corrected chi connectivity index (χ3v) is 6.64. The van der Waals surface area contributed by atoms with Gasteiger partial charge in [-0.05, 0) is 70.0 Å². The molecule has 0 aromatic carbocycles. The maximum atomic E-state index is 5.48. The molecule has 2 fully saturated rings. The highest BCUT2D eigenvalue weighted by Gasteiger charge is 2.24. The van der Waals surface area contributed by atoms with E-state index in [1.54, 1.807) is 6.26 Å². The summed E-state index contributed by atoms with van der Waals surface area (Å²) >= 11 is 0. The number of aliphatic imine (C=N–C) groups is 1. The van der Waals surface area contributed by atoms with Crippen LogP contribution in [0, 0.1) is 6.92 Å². The fraction of sp³-hybridized carbons (Fsp3) is 0.600. The van der Waals surface area contributed by atoms with Gasteiger partial charge >= 0.3 is 0 Å². The van der Waals surface area contributed by atoms with Crippen molar-refractivity contribution in [3.8, 4) is 0 Å². The van der Waals surface area contributed by atoms with Crippen molar-refractivity contribution < 1.29 is 4.42 Å². The van der Waals surface area contributed by atoms with Crippen LogP contribution in [0.5, 0.6) is 0 Å². The molecule has 0 bridgehead atoms. The molecule has 2 aliphatic rings. The number of nitrogens with one attached hydrogen (secondary N) is 2. The smallest absolute Gasteiger partial charge is 0.191 e. The van der Waals surface area contributed by atoms with E-state index in [4.69, 9.17) is 14.4 Å². The molecule has 1 atom stereocenters. The number of anilines is 1. The van der Waals surface area contributed by atoms with Gasteiger partial charge in [-0.3, -0.25) is 9.89 Å². The van der Waals surface area contributed by atoms with E-state index in [1.165, 1.54) is 19.4 Å². The van der Waals surface area contributed by atoms with Crippen molar-refractivity contribution in [1.82, 2.24) is 20.5 Å². The number of aromatic nitrogens is 1. The normalized spacial score (nSPS) is 20.0. The molecule has 2 N–H and O–H groups in total. The van der Waals surface area contributed by atoms with Gasteiger partial charge in [0, 0.05) is 43.8 Å². The summed E-state index contributed by atoms with van der Waals surface area (Å²) in [5.74, 6) is 3.03. The Morgan fingerprint density at radius 3 is 2.73 bits per heavy atom. The first-order chi connectivity index (χ1) is 15.7. The van der Waals surface area contributed by atoms with Gasteiger partial charge in [0.25, 0.3) is 0 Å². The predicted octanol–water partition coefficient (Wildman–Crippen LogP) is 3.83. The Labute approximate surface area is 215 Å². The number of nitrogens with zero attached hydrogens (tertiary/aromatic N) is 4. The largest absolute Gasteiger partial charge is 0.469 e. The number of guanidine groups is 1. The molecular weight excluding hydrogens is 527 g/mol. The van der Waals surface area contributed by atoms with E-state index < -0.39 is 0 Å². The van der Waals surface area contributed by atoms with E-state index in [2.05, 4.69) is 52.5 Å². The molecule has 2 saturated heterocycles. The maximum Gasteiger partial charge on any atom is 0.191 e. The summed E-state index contributed by atoms with van der Waals surface area (Å²) < 4.78 is 5.48. The number of aryl methyl sites for hydroxylation is 1. The summed E-state index contributed by atoms with van der Waals surface area (Å²) in [5, 5.41) is 7.27. The van der Waals surface area contributed by atoms with Crippen molar-refractivity contribution in [3.05, 3.63) is 48.0 Å². The highest BCUT2D eigenvalue weighted by Crippen LogP contribution is 2.19. The quantitative estimate of drug-likeness (QED) is 0.288. The molecule has 4 heterocycles. The lowest BCUT2D eigenvalue weighted by Crippen LogP contribution is -2.49. The Balaban J connectivity index is 0.00000306. The molecule has 8 heteroatoms. The average Bonchev–Trinajstić information content (AvgIpc) is 3.49. The van der Waals surface area contributed by atoms with Crippen LogP contribution < -0.4 is 15.5 Å². The minimum atomic E-state index is 0. The van der Waals surface area contributed by atoms with Gasteiger partial charge in [-0.2, -0.15) is 0 Å². The SMILES string of the molecule is CCN1CCCC1CN=C(NCCc1ccco1)NC1CCN(c2cccc(C)n2)CC1.I. The van der Waals surface area contributed by atoms with E-state index in [9.17, 15) is 0 Å². The number of likely N-dealkylation sites (tertiary alicyclic amines) is 1. The molecule has 1 unspecified atom stereocenters. The number of piperidine rings is 1. The Hall–Kier alpha value is -1.81. The number of hydrogen-bond donors (Lipinski definition) is 2. The van der Waals surface area contributed by atoms with Crippen LogP contribution in [0.2, 0.25) is 0 Å². The van der Waals surface area contributed by atoms with Crippen LogP contribution in [-0.4, -0.2) is 67.2 Å². The van der Waals surface area contributed by atoms with Crippen LogP contribution in [0.4, 0.5) is 5.82 Å². The minimum Gasteiger partial charge on any atom is -0.469 e. The lowest BCUT2D eigenvalue weighted by Gasteiger charge is -2.34. The summed E-state index contributed by atoms with van der Waals surface area (Å²) in [7, 11) is 0. The molecule has 4 rings (SSSR count). The van der Waals surface area contributed by atoms with Gasteiger partial charge in [0.15, 0.2) is 5.96 Å². The molecule has 0 aliphatic carbocycles. The average molecular weight is 567 g/mol. The first kappa shape index (κ1) is 25.8. The number of likely N-dealkylation sites (N-methyl/N-ethyl adjacent to an activating group) is 1. The molecular formula is C25H39IN6O. The Kier molecular flexibility index (Phi) is 10.3. The molecule has 0 amide bonds. The second-order valence-corrected chi connectivity index (χ2v) is 8.91. The van der Waals surface area contributed by atoms with Crippen LogP contribution >= 0.6 is 24.0 Å². The van der Waals surface area contributed by atoms with Crippen LogP contribution in [0.3, 0.4) is 0 Å². The number of rotatable bonds is 8. The minimum absolute atomic E-state index is 0. The number of hydrogen-bond acceptors (Lipinski definition) is 5. The predicted molar refractivity (Wildman–Crippen MR) is 146 cm³/mol. The zero-order valence-electron chi connectivity index (χ0n) is 20.0. The van der Waals surface area contributed by atoms with Crippen molar-refractivity contribution in [2.24, 2.45) is 4.99 Å². The molecule has 2 aromatic heterocycles. The summed E-state index contributed by atoms with van der Waals surface area (Å²) in [5.41, 5.74) is 1.07. The lowest BCUT2D eigenvalue weighted by atomic mass is 10.1. The number of pyridine rings is 1. The van der Waals surface area contributed by atoms with Crippen LogP contribution in [-0.2, 0) is 6.42 Å². The summed E-state index contributed by atoms with van der Waals surface area (Å²) in [6.07, 6.45) is 7.29. The second-order valence-electron chi connectivity index (χ2n) is 8.91. The zero-order chi connectivity index (χ0) is 22.2. The van der Waals surface area contributed by atoms with Gasteiger partial charge in [0.2, 0.25) is 0 Å². The topological polar surface area (TPSA) is 68.9 Å². The molecule has 7 nitrogen and oxygen atoms in total. The third-order valence-electron chi connectivity index (χ3n) is 6.64. The van der Waals surface area contributed by atoms with Gasteiger partial charge < -0.3 is 20.0 Å².